The summed E-state index contributed by atoms with van der Waals surface area (Å²) in [5.41, 5.74) is 1.89. The standard InChI is InChI=1S/C23H14Br2ClN3O5/c24-18-8-14(9-19(25)21(18)34-12-13-4-6-16(7-5-13)29(32)33)10-20-22(30)28(23(31)27-20)17-3-1-2-15(26)11-17/h1-11H,12H2,(H,27,31)/b20-10+. The number of nitrogens with one attached hydrogen (secondary N) is 1. The predicted octanol–water partition coefficient (Wildman–Crippen LogP) is 6.45. The molecule has 3 aromatic rings. The van der Waals surface area contributed by atoms with Gasteiger partial charge in [0, 0.05) is 17.2 Å². The first-order valence-electron chi connectivity index (χ1n) is 9.71. The van der Waals surface area contributed by atoms with Crippen molar-refractivity contribution < 1.29 is 19.2 Å². The van der Waals surface area contributed by atoms with Crippen molar-refractivity contribution in [1.82, 2.24) is 5.32 Å². The predicted molar refractivity (Wildman–Crippen MR) is 135 cm³/mol. The number of hydrogen-bond acceptors (Lipinski definition) is 5. The molecular formula is C23H14Br2ClN3O5. The third-order valence-electron chi connectivity index (χ3n) is 4.81. The lowest BCUT2D eigenvalue weighted by Crippen LogP contribution is -2.30. The van der Waals surface area contributed by atoms with Crippen LogP contribution >= 0.6 is 43.5 Å². The van der Waals surface area contributed by atoms with Gasteiger partial charge in [0.25, 0.3) is 11.6 Å². The number of amides is 3. The number of carbonyl (C=O) groups is 2. The maximum absolute atomic E-state index is 12.8. The Kier molecular flexibility index (Phi) is 7.01. The normalized spacial score (nSPS) is 14.4. The van der Waals surface area contributed by atoms with E-state index in [4.69, 9.17) is 16.3 Å². The van der Waals surface area contributed by atoms with Gasteiger partial charge >= 0.3 is 6.03 Å². The number of ether oxygens (including phenoxy) is 1. The van der Waals surface area contributed by atoms with Crippen molar-refractivity contribution in [2.75, 3.05) is 4.90 Å². The lowest BCUT2D eigenvalue weighted by molar-refractivity contribution is -0.384. The highest BCUT2D eigenvalue weighted by Gasteiger charge is 2.35. The quantitative estimate of drug-likeness (QED) is 0.150. The van der Waals surface area contributed by atoms with E-state index in [2.05, 4.69) is 37.2 Å². The van der Waals surface area contributed by atoms with Gasteiger partial charge in [0.05, 0.1) is 19.6 Å². The van der Waals surface area contributed by atoms with Crippen LogP contribution in [0.2, 0.25) is 5.02 Å². The fourth-order valence-electron chi connectivity index (χ4n) is 3.22. The van der Waals surface area contributed by atoms with Crippen molar-refractivity contribution in [3.05, 3.63) is 102 Å². The van der Waals surface area contributed by atoms with Gasteiger partial charge in [0.1, 0.15) is 18.1 Å². The van der Waals surface area contributed by atoms with Gasteiger partial charge in [-0.1, -0.05) is 17.7 Å². The molecule has 3 aromatic carbocycles. The molecule has 1 aliphatic rings. The molecule has 0 unspecified atom stereocenters. The van der Waals surface area contributed by atoms with E-state index in [1.165, 1.54) is 18.2 Å². The zero-order valence-corrected chi connectivity index (χ0v) is 21.1. The number of carbonyl (C=O) groups excluding carboxylic acids is 2. The van der Waals surface area contributed by atoms with Gasteiger partial charge in [0.15, 0.2) is 0 Å². The van der Waals surface area contributed by atoms with Crippen LogP contribution in [0.5, 0.6) is 5.75 Å². The molecule has 4 rings (SSSR count). The summed E-state index contributed by atoms with van der Waals surface area (Å²) in [6, 6.07) is 15.5. The van der Waals surface area contributed by atoms with Gasteiger partial charge in [-0.05, 0) is 91.5 Å². The minimum atomic E-state index is -0.570. The van der Waals surface area contributed by atoms with Gasteiger partial charge in [0.2, 0.25) is 0 Å². The summed E-state index contributed by atoms with van der Waals surface area (Å²) < 4.78 is 7.08. The number of halogens is 3. The van der Waals surface area contributed by atoms with E-state index in [0.717, 1.165) is 10.5 Å². The second kappa shape index (κ2) is 9.96. The van der Waals surface area contributed by atoms with E-state index in [1.54, 1.807) is 48.5 Å². The Morgan fingerprint density at radius 1 is 1.06 bits per heavy atom. The first-order valence-corrected chi connectivity index (χ1v) is 11.7. The Balaban J connectivity index is 1.52. The second-order valence-corrected chi connectivity index (χ2v) is 9.28. The fourth-order valence-corrected chi connectivity index (χ4v) is 4.86. The zero-order valence-electron chi connectivity index (χ0n) is 17.1. The van der Waals surface area contributed by atoms with Crippen LogP contribution in [0.4, 0.5) is 16.2 Å². The molecule has 0 saturated carbocycles. The minimum absolute atomic E-state index is 0.00554. The molecule has 8 nitrogen and oxygen atoms in total. The second-order valence-electron chi connectivity index (χ2n) is 7.13. The molecule has 0 aromatic heterocycles. The van der Waals surface area contributed by atoms with Gasteiger partial charge in [-0.25, -0.2) is 9.69 Å². The number of hydrogen-bond donors (Lipinski definition) is 1. The van der Waals surface area contributed by atoms with Crippen molar-refractivity contribution in [3.8, 4) is 5.75 Å². The van der Waals surface area contributed by atoms with Gasteiger partial charge < -0.3 is 10.1 Å². The van der Waals surface area contributed by atoms with Crippen LogP contribution in [0.1, 0.15) is 11.1 Å². The lowest BCUT2D eigenvalue weighted by Gasteiger charge is -2.12. The molecule has 11 heteroatoms. The van der Waals surface area contributed by atoms with Crippen LogP contribution < -0.4 is 15.0 Å². The Hall–Kier alpha value is -3.21. The summed E-state index contributed by atoms with van der Waals surface area (Å²) in [5, 5.41) is 13.8. The Morgan fingerprint density at radius 2 is 1.74 bits per heavy atom. The molecule has 172 valence electrons. The van der Waals surface area contributed by atoms with Gasteiger partial charge in [-0.15, -0.1) is 0 Å². The van der Waals surface area contributed by atoms with Crippen molar-refractivity contribution in [2.45, 2.75) is 6.61 Å². The molecule has 0 spiro atoms. The summed E-state index contributed by atoms with van der Waals surface area (Å²) >= 11 is 12.9. The Labute approximate surface area is 215 Å². The minimum Gasteiger partial charge on any atom is -0.487 e. The van der Waals surface area contributed by atoms with E-state index >= 15 is 0 Å². The molecule has 0 aliphatic carbocycles. The van der Waals surface area contributed by atoms with Crippen molar-refractivity contribution in [1.29, 1.82) is 0 Å². The van der Waals surface area contributed by atoms with E-state index < -0.39 is 16.9 Å². The SMILES string of the molecule is O=C1N/C(=C/c2cc(Br)c(OCc3ccc([N+](=O)[O-])cc3)c(Br)c2)C(=O)N1c1cccc(Cl)c1. The molecule has 34 heavy (non-hydrogen) atoms. The van der Waals surface area contributed by atoms with Gasteiger partial charge in [-0.3, -0.25) is 14.9 Å². The summed E-state index contributed by atoms with van der Waals surface area (Å²) in [4.78, 5) is 36.6. The van der Waals surface area contributed by atoms with E-state index in [-0.39, 0.29) is 18.0 Å². The topological polar surface area (TPSA) is 102 Å². The molecular weight excluding hydrogens is 594 g/mol. The van der Waals surface area contributed by atoms with Crippen LogP contribution in [0.15, 0.2) is 75.3 Å². The van der Waals surface area contributed by atoms with Gasteiger partial charge in [-0.2, -0.15) is 0 Å². The highest BCUT2D eigenvalue weighted by Crippen LogP contribution is 2.36. The van der Waals surface area contributed by atoms with E-state index in [0.29, 0.717) is 31.0 Å². The average Bonchev–Trinajstić information content (AvgIpc) is 3.06. The molecule has 3 amide bonds. The summed E-state index contributed by atoms with van der Waals surface area (Å²) in [6.45, 7) is 0.193. The highest BCUT2D eigenvalue weighted by molar-refractivity contribution is 9.11. The number of nitro groups is 1. The molecule has 1 aliphatic heterocycles. The van der Waals surface area contributed by atoms with E-state index in [9.17, 15) is 19.7 Å². The molecule has 1 fully saturated rings. The third kappa shape index (κ3) is 5.14. The number of rotatable bonds is 6. The monoisotopic (exact) mass is 605 g/mol. The number of benzene rings is 3. The number of nitrogens with zero attached hydrogens (tertiary/aromatic N) is 2. The molecule has 0 atom stereocenters. The average molecular weight is 608 g/mol. The maximum Gasteiger partial charge on any atom is 0.333 e. The molecule has 1 heterocycles. The third-order valence-corrected chi connectivity index (χ3v) is 6.22. The smallest absolute Gasteiger partial charge is 0.333 e. The van der Waals surface area contributed by atoms with Crippen LogP contribution in [0.3, 0.4) is 0 Å². The van der Waals surface area contributed by atoms with E-state index in [1.807, 2.05) is 0 Å². The zero-order chi connectivity index (χ0) is 24.4. The van der Waals surface area contributed by atoms with Crippen molar-refractivity contribution in [3.63, 3.8) is 0 Å². The first kappa shape index (κ1) is 23.9. The number of anilines is 1. The largest absolute Gasteiger partial charge is 0.487 e. The molecule has 1 saturated heterocycles. The molecule has 0 bridgehead atoms. The summed E-state index contributed by atoms with van der Waals surface area (Å²) in [5.74, 6) is 0.0147. The lowest BCUT2D eigenvalue weighted by atomic mass is 10.1. The number of nitro benzene ring substituents is 1. The Bertz CT molecular complexity index is 1320. The first-order chi connectivity index (χ1) is 16.2. The highest BCUT2D eigenvalue weighted by atomic mass is 79.9. The van der Waals surface area contributed by atoms with Crippen LogP contribution in [-0.4, -0.2) is 16.9 Å². The van der Waals surface area contributed by atoms with Crippen molar-refractivity contribution in [2.24, 2.45) is 0 Å². The number of urea groups is 1. The Morgan fingerprint density at radius 3 is 2.35 bits per heavy atom. The maximum atomic E-state index is 12.8. The molecule has 0 radical (unpaired) electrons. The van der Waals surface area contributed by atoms with Crippen LogP contribution in [0.25, 0.3) is 6.08 Å². The van der Waals surface area contributed by atoms with Crippen molar-refractivity contribution >= 4 is 72.8 Å². The molecule has 1 N–H and O–H groups in total. The fraction of sp³-hybridized carbons (Fsp3) is 0.0435. The number of non-ortho nitro benzene ring substituents is 1. The van der Waals surface area contributed by atoms with Crippen LogP contribution in [0, 0.1) is 10.1 Å². The van der Waals surface area contributed by atoms with Crippen LogP contribution in [-0.2, 0) is 11.4 Å². The summed E-state index contributed by atoms with van der Waals surface area (Å²) in [6.07, 6.45) is 1.56. The summed E-state index contributed by atoms with van der Waals surface area (Å²) in [7, 11) is 0. The number of imide groups is 1.